The van der Waals surface area contributed by atoms with Gasteiger partial charge in [0, 0.05) is 33.4 Å². The van der Waals surface area contributed by atoms with E-state index in [2.05, 4.69) is 5.32 Å². The summed E-state index contributed by atoms with van der Waals surface area (Å²) in [6, 6.07) is 3.87. The van der Waals surface area contributed by atoms with Gasteiger partial charge in [-0.25, -0.2) is 9.59 Å². The van der Waals surface area contributed by atoms with Crippen molar-refractivity contribution in [1.29, 1.82) is 0 Å². The van der Waals surface area contributed by atoms with E-state index in [1.807, 2.05) is 0 Å². The van der Waals surface area contributed by atoms with Gasteiger partial charge in [0.1, 0.15) is 5.69 Å². The third-order valence-electron chi connectivity index (χ3n) is 4.18. The maximum Gasteiger partial charge on any atom is 0.344 e. The molecule has 0 aliphatic heterocycles. The van der Waals surface area contributed by atoms with E-state index in [1.54, 1.807) is 0 Å². The largest absolute Gasteiger partial charge is 0.464 e. The van der Waals surface area contributed by atoms with E-state index in [1.165, 1.54) is 40.0 Å². The predicted octanol–water partition coefficient (Wildman–Crippen LogP) is 1.12. The summed E-state index contributed by atoms with van der Waals surface area (Å²) in [6.45, 7) is 5.28. The number of benzene rings is 1. The van der Waals surface area contributed by atoms with Crippen molar-refractivity contribution in [3.05, 3.63) is 33.9 Å². The summed E-state index contributed by atoms with van der Waals surface area (Å²) < 4.78 is 9.96. The number of nitrogens with zero attached hydrogens (tertiary/aromatic N) is 2. The van der Waals surface area contributed by atoms with Crippen LogP contribution in [-0.4, -0.2) is 54.5 Å². The Kier molecular flexibility index (Phi) is 8.45. The Bertz CT molecular complexity index is 834. The van der Waals surface area contributed by atoms with E-state index in [-0.39, 0.29) is 24.5 Å². The molecule has 0 aromatic heterocycles. The molecule has 0 saturated heterocycles. The van der Waals surface area contributed by atoms with Gasteiger partial charge in [-0.3, -0.25) is 19.7 Å². The Morgan fingerprint density at radius 2 is 1.63 bits per heavy atom. The number of rotatable bonds is 9. The highest BCUT2D eigenvalue weighted by Crippen LogP contribution is 2.30. The van der Waals surface area contributed by atoms with Crippen molar-refractivity contribution in [2.75, 3.05) is 25.2 Å². The molecule has 1 aromatic rings. The average molecular weight is 423 g/mol. The van der Waals surface area contributed by atoms with E-state index in [9.17, 15) is 29.3 Å². The molecule has 1 rings (SSSR count). The topological polar surface area (TPSA) is 145 Å². The Morgan fingerprint density at radius 3 is 2.03 bits per heavy atom. The van der Waals surface area contributed by atoms with Crippen LogP contribution in [0.1, 0.15) is 33.3 Å². The number of nitro groups is 1. The summed E-state index contributed by atoms with van der Waals surface area (Å²) in [6.07, 6.45) is -0.449. The molecule has 0 heterocycles. The van der Waals surface area contributed by atoms with Crippen LogP contribution in [0.5, 0.6) is 0 Å². The van der Waals surface area contributed by atoms with Crippen molar-refractivity contribution in [2.24, 2.45) is 0 Å². The number of ether oxygens (including phenoxy) is 2. The van der Waals surface area contributed by atoms with Gasteiger partial charge in [0.25, 0.3) is 5.69 Å². The highest BCUT2D eigenvalue weighted by molar-refractivity contribution is 6.08. The maximum atomic E-state index is 12.7. The summed E-state index contributed by atoms with van der Waals surface area (Å²) in [5.74, 6) is -3.22. The summed E-state index contributed by atoms with van der Waals surface area (Å²) in [4.78, 5) is 60.7. The minimum atomic E-state index is -2.22. The molecule has 1 aromatic carbocycles. The van der Waals surface area contributed by atoms with Gasteiger partial charge < -0.3 is 19.7 Å². The van der Waals surface area contributed by atoms with Crippen LogP contribution >= 0.6 is 0 Å². The fourth-order valence-electron chi connectivity index (χ4n) is 2.77. The normalized spacial score (nSPS) is 10.7. The molecule has 0 aliphatic rings. The SMILES string of the molecule is CCOC(=O)C(Cc1ccc(N(C)C(C)=O)c([N+](=O)[O-])c1)(NC(C)=O)C(=O)OCC. The highest BCUT2D eigenvalue weighted by atomic mass is 16.6. The molecule has 2 amide bonds. The molecule has 1 N–H and O–H groups in total. The Hall–Kier alpha value is -3.50. The van der Waals surface area contributed by atoms with Gasteiger partial charge in [-0.15, -0.1) is 0 Å². The van der Waals surface area contributed by atoms with E-state index in [0.717, 1.165) is 17.9 Å². The second-order valence-corrected chi connectivity index (χ2v) is 6.36. The van der Waals surface area contributed by atoms with Crippen LogP contribution in [0.25, 0.3) is 0 Å². The van der Waals surface area contributed by atoms with Crippen LogP contribution in [0.4, 0.5) is 11.4 Å². The number of amides is 2. The fourth-order valence-corrected chi connectivity index (χ4v) is 2.77. The van der Waals surface area contributed by atoms with E-state index in [4.69, 9.17) is 9.47 Å². The van der Waals surface area contributed by atoms with Gasteiger partial charge in [-0.2, -0.15) is 0 Å². The van der Waals surface area contributed by atoms with E-state index >= 15 is 0 Å². The molecular weight excluding hydrogens is 398 g/mol. The molecule has 0 aliphatic carbocycles. The van der Waals surface area contributed by atoms with Crippen LogP contribution in [0, 0.1) is 10.1 Å². The van der Waals surface area contributed by atoms with Crippen molar-refractivity contribution >= 4 is 35.1 Å². The number of esters is 2. The number of hydrogen-bond acceptors (Lipinski definition) is 8. The van der Waals surface area contributed by atoms with Crippen molar-refractivity contribution in [3.8, 4) is 0 Å². The van der Waals surface area contributed by atoms with Crippen LogP contribution in [0.15, 0.2) is 18.2 Å². The molecule has 0 atom stereocenters. The lowest BCUT2D eigenvalue weighted by Gasteiger charge is -2.29. The van der Waals surface area contributed by atoms with Gasteiger partial charge in [-0.05, 0) is 25.5 Å². The monoisotopic (exact) mass is 423 g/mol. The van der Waals surface area contributed by atoms with Crippen molar-refractivity contribution in [3.63, 3.8) is 0 Å². The first kappa shape index (κ1) is 24.5. The zero-order valence-corrected chi connectivity index (χ0v) is 17.5. The highest BCUT2D eigenvalue weighted by Gasteiger charge is 2.50. The minimum absolute atomic E-state index is 0.0358. The zero-order chi connectivity index (χ0) is 23.1. The average Bonchev–Trinajstić information content (AvgIpc) is 2.66. The van der Waals surface area contributed by atoms with Crippen LogP contribution in [0.3, 0.4) is 0 Å². The van der Waals surface area contributed by atoms with E-state index in [0.29, 0.717) is 0 Å². The minimum Gasteiger partial charge on any atom is -0.464 e. The van der Waals surface area contributed by atoms with Crippen molar-refractivity contribution in [2.45, 2.75) is 39.7 Å². The molecule has 30 heavy (non-hydrogen) atoms. The summed E-state index contributed by atoms with van der Waals surface area (Å²) in [5.41, 5.74) is -2.42. The van der Waals surface area contributed by atoms with Gasteiger partial charge in [-0.1, -0.05) is 6.07 Å². The van der Waals surface area contributed by atoms with Gasteiger partial charge >= 0.3 is 11.9 Å². The first-order valence-corrected chi connectivity index (χ1v) is 9.14. The van der Waals surface area contributed by atoms with Crippen molar-refractivity contribution in [1.82, 2.24) is 5.32 Å². The molecule has 0 radical (unpaired) electrons. The second-order valence-electron chi connectivity index (χ2n) is 6.36. The zero-order valence-electron chi connectivity index (χ0n) is 17.5. The molecule has 0 bridgehead atoms. The molecule has 11 nitrogen and oxygen atoms in total. The smallest absolute Gasteiger partial charge is 0.344 e. The Morgan fingerprint density at radius 1 is 1.10 bits per heavy atom. The second kappa shape index (κ2) is 10.3. The number of nitrogens with one attached hydrogen (secondary N) is 1. The summed E-state index contributed by atoms with van der Waals surface area (Å²) in [5, 5.41) is 13.8. The summed E-state index contributed by atoms with van der Waals surface area (Å²) >= 11 is 0. The summed E-state index contributed by atoms with van der Waals surface area (Å²) in [7, 11) is 1.38. The van der Waals surface area contributed by atoms with Gasteiger partial charge in [0.15, 0.2) is 0 Å². The molecule has 0 saturated carbocycles. The molecule has 0 fully saturated rings. The van der Waals surface area contributed by atoms with Gasteiger partial charge in [0.2, 0.25) is 17.4 Å². The third kappa shape index (κ3) is 5.52. The number of carbonyl (C=O) groups is 4. The number of carbonyl (C=O) groups excluding carboxylic acids is 4. The van der Waals surface area contributed by atoms with E-state index < -0.39 is 46.3 Å². The van der Waals surface area contributed by atoms with Gasteiger partial charge in [0.05, 0.1) is 18.1 Å². The number of hydrogen-bond donors (Lipinski definition) is 1. The van der Waals surface area contributed by atoms with Crippen LogP contribution in [-0.2, 0) is 35.1 Å². The molecular formula is C19H25N3O8. The molecule has 0 spiro atoms. The fraction of sp³-hybridized carbons (Fsp3) is 0.474. The standard InChI is InChI=1S/C19H25N3O8/c1-6-29-17(25)19(20-12(3)23,18(26)30-7-2)11-14-8-9-15(21(5)13(4)24)16(10-14)22(27)28/h8-10H,6-7,11H2,1-5H3,(H,20,23). The van der Waals surface area contributed by atoms with Crippen molar-refractivity contribution < 1.29 is 33.6 Å². The first-order chi connectivity index (χ1) is 14.0. The van der Waals surface area contributed by atoms with Crippen LogP contribution < -0.4 is 10.2 Å². The third-order valence-corrected chi connectivity index (χ3v) is 4.18. The Balaban J connectivity index is 3.57. The molecule has 164 valence electrons. The molecule has 0 unspecified atom stereocenters. The lowest BCUT2D eigenvalue weighted by molar-refractivity contribution is -0.384. The number of nitro benzene ring substituents is 1. The number of anilines is 1. The predicted molar refractivity (Wildman–Crippen MR) is 106 cm³/mol. The lowest BCUT2D eigenvalue weighted by Crippen LogP contribution is -2.62. The Labute approximate surface area is 173 Å². The quantitative estimate of drug-likeness (QED) is 0.269. The lowest BCUT2D eigenvalue weighted by atomic mass is 9.89. The first-order valence-electron chi connectivity index (χ1n) is 9.14. The van der Waals surface area contributed by atoms with Crippen LogP contribution in [0.2, 0.25) is 0 Å². The maximum absolute atomic E-state index is 12.7. The molecule has 11 heteroatoms.